The lowest BCUT2D eigenvalue weighted by Gasteiger charge is -2.18. The maximum absolute atomic E-state index is 12.9. The molecule has 0 radical (unpaired) electrons. The van der Waals surface area contributed by atoms with Crippen molar-refractivity contribution in [2.45, 2.75) is 309 Å². The summed E-state index contributed by atoms with van der Waals surface area (Å²) in [4.78, 5) is 38.3. The Morgan fingerprint density at radius 1 is 0.280 bits per heavy atom. The second kappa shape index (κ2) is 62.9. The van der Waals surface area contributed by atoms with E-state index in [-0.39, 0.29) is 37.5 Å². The van der Waals surface area contributed by atoms with Crippen molar-refractivity contribution < 1.29 is 28.6 Å². The summed E-state index contributed by atoms with van der Waals surface area (Å²) in [5, 5.41) is 0. The molecular formula is C69H118O6. The Morgan fingerprint density at radius 2 is 0.547 bits per heavy atom. The maximum Gasteiger partial charge on any atom is 0.306 e. The predicted octanol–water partition coefficient (Wildman–Crippen LogP) is 21.7. The Hall–Kier alpha value is -3.67. The summed E-state index contributed by atoms with van der Waals surface area (Å²) >= 11 is 0. The third-order valence-corrected chi connectivity index (χ3v) is 13.6. The molecule has 0 amide bonds. The van der Waals surface area contributed by atoms with Crippen LogP contribution in [0.25, 0.3) is 0 Å². The first-order valence-electron chi connectivity index (χ1n) is 31.7. The van der Waals surface area contributed by atoms with Crippen LogP contribution in [0.15, 0.2) is 97.2 Å². The van der Waals surface area contributed by atoms with Crippen molar-refractivity contribution in [1.29, 1.82) is 0 Å². The molecule has 0 bridgehead atoms. The molecule has 1 atom stereocenters. The largest absolute Gasteiger partial charge is 0.462 e. The highest BCUT2D eigenvalue weighted by Gasteiger charge is 2.19. The second-order valence-corrected chi connectivity index (χ2v) is 20.9. The minimum atomic E-state index is -0.811. The van der Waals surface area contributed by atoms with Crippen molar-refractivity contribution >= 4 is 17.9 Å². The molecule has 430 valence electrons. The van der Waals surface area contributed by atoms with Gasteiger partial charge in [0.2, 0.25) is 0 Å². The van der Waals surface area contributed by atoms with Gasteiger partial charge in [-0.2, -0.15) is 0 Å². The number of allylic oxidation sites excluding steroid dienone is 16. The van der Waals surface area contributed by atoms with E-state index in [0.717, 1.165) is 83.5 Å². The lowest BCUT2D eigenvalue weighted by molar-refractivity contribution is -0.166. The molecule has 0 fully saturated rings. The normalized spacial score (nSPS) is 12.7. The Labute approximate surface area is 464 Å². The van der Waals surface area contributed by atoms with Crippen molar-refractivity contribution in [3.05, 3.63) is 97.2 Å². The SMILES string of the molecule is CC/C=C\C/C=C\C/C=C\C/C=C\C/C=C\C/C=C\CCC(=O)OC[C@H](COC(=O)CCCCCCCCCCCCCCCCCCCCC)OC(=O)CCCCCCCCCCC/C=C\C/C=C\CCCCC. The number of hydrogen-bond donors (Lipinski definition) is 0. The minimum absolute atomic E-state index is 0.100. The minimum Gasteiger partial charge on any atom is -0.462 e. The van der Waals surface area contributed by atoms with Gasteiger partial charge in [0, 0.05) is 19.3 Å². The Morgan fingerprint density at radius 3 is 0.920 bits per heavy atom. The van der Waals surface area contributed by atoms with Crippen LogP contribution in [0, 0.1) is 0 Å². The molecule has 6 heteroatoms. The summed E-state index contributed by atoms with van der Waals surface area (Å²) in [5.41, 5.74) is 0. The second-order valence-electron chi connectivity index (χ2n) is 20.9. The van der Waals surface area contributed by atoms with Gasteiger partial charge < -0.3 is 14.2 Å². The van der Waals surface area contributed by atoms with Crippen molar-refractivity contribution in [2.24, 2.45) is 0 Å². The van der Waals surface area contributed by atoms with Gasteiger partial charge >= 0.3 is 17.9 Å². The van der Waals surface area contributed by atoms with E-state index in [0.29, 0.717) is 19.3 Å². The molecule has 0 unspecified atom stereocenters. The van der Waals surface area contributed by atoms with E-state index in [1.165, 1.54) is 173 Å². The van der Waals surface area contributed by atoms with E-state index >= 15 is 0 Å². The molecule has 0 saturated heterocycles. The maximum atomic E-state index is 12.9. The third-order valence-electron chi connectivity index (χ3n) is 13.6. The van der Waals surface area contributed by atoms with Crippen molar-refractivity contribution in [2.75, 3.05) is 13.2 Å². The van der Waals surface area contributed by atoms with Crippen LogP contribution in [0.4, 0.5) is 0 Å². The van der Waals surface area contributed by atoms with Gasteiger partial charge in [0.05, 0.1) is 0 Å². The number of ether oxygens (including phenoxy) is 3. The van der Waals surface area contributed by atoms with Gasteiger partial charge in [-0.3, -0.25) is 14.4 Å². The summed E-state index contributed by atoms with van der Waals surface area (Å²) in [6, 6.07) is 0. The van der Waals surface area contributed by atoms with Crippen LogP contribution in [-0.4, -0.2) is 37.2 Å². The van der Waals surface area contributed by atoms with Crippen molar-refractivity contribution in [3.63, 3.8) is 0 Å². The van der Waals surface area contributed by atoms with E-state index in [4.69, 9.17) is 14.2 Å². The number of rotatable bonds is 57. The van der Waals surface area contributed by atoms with Crippen LogP contribution in [-0.2, 0) is 28.6 Å². The number of unbranched alkanes of at least 4 members (excludes halogenated alkanes) is 30. The van der Waals surface area contributed by atoms with Gasteiger partial charge in [-0.1, -0.05) is 291 Å². The molecule has 0 aromatic rings. The van der Waals surface area contributed by atoms with Gasteiger partial charge in [0.25, 0.3) is 0 Å². The van der Waals surface area contributed by atoms with Crippen LogP contribution in [0.1, 0.15) is 303 Å². The Bertz CT molecular complexity index is 1480. The van der Waals surface area contributed by atoms with Gasteiger partial charge in [-0.15, -0.1) is 0 Å². The first-order valence-corrected chi connectivity index (χ1v) is 31.7. The van der Waals surface area contributed by atoms with E-state index in [1.807, 2.05) is 6.08 Å². The standard InChI is InChI=1S/C69H118O6/c1-4-7-10-13-16-19-22-25-28-31-34-37-40-43-46-49-52-55-58-61-67(70)73-64-66(75-69(72)63-60-57-54-51-48-45-42-39-36-33-30-27-24-21-18-15-12-9-6-3)65-74-68(71)62-59-56-53-50-47-44-41-38-35-32-29-26-23-20-17-14-11-8-5-2/h7,10,16,18-19,21,25,27-28,30,34,37,43,46,52,55,66H,4-6,8-9,11-15,17,20,22-24,26,29,31-33,35-36,38-42,44-45,47-51,53-54,56-65H2,1-3H3/b10-7-,19-16-,21-18-,28-25-,30-27-,37-34-,46-43-,55-52-/t66-/m1/s1. The molecule has 75 heavy (non-hydrogen) atoms. The molecule has 0 N–H and O–H groups in total. The van der Waals surface area contributed by atoms with E-state index in [2.05, 4.69) is 112 Å². The fourth-order valence-corrected chi connectivity index (χ4v) is 8.85. The molecule has 6 nitrogen and oxygen atoms in total. The average molecular weight is 1040 g/mol. The first-order chi connectivity index (χ1) is 37.0. The van der Waals surface area contributed by atoms with Gasteiger partial charge in [-0.05, 0) is 89.9 Å². The molecule has 0 spiro atoms. The van der Waals surface area contributed by atoms with Crippen molar-refractivity contribution in [1.82, 2.24) is 0 Å². The van der Waals surface area contributed by atoms with Gasteiger partial charge in [0.1, 0.15) is 13.2 Å². The third kappa shape index (κ3) is 61.1. The quantitative estimate of drug-likeness (QED) is 0.0261. The zero-order chi connectivity index (χ0) is 54.3. The first kappa shape index (κ1) is 71.3. The molecule has 0 aromatic carbocycles. The number of carbonyl (C=O) groups excluding carboxylic acids is 3. The Balaban J connectivity index is 4.47. The fourth-order valence-electron chi connectivity index (χ4n) is 8.85. The lowest BCUT2D eigenvalue weighted by atomic mass is 10.0. The summed E-state index contributed by atoms with van der Waals surface area (Å²) in [7, 11) is 0. The molecular weight excluding hydrogens is 925 g/mol. The fraction of sp³-hybridized carbons (Fsp3) is 0.725. The number of carbonyl (C=O) groups is 3. The number of esters is 3. The molecule has 0 aliphatic rings. The number of hydrogen-bond acceptors (Lipinski definition) is 6. The molecule has 0 aliphatic carbocycles. The van der Waals surface area contributed by atoms with Crippen LogP contribution >= 0.6 is 0 Å². The molecule has 0 heterocycles. The summed E-state index contributed by atoms with van der Waals surface area (Å²) in [6.45, 7) is 6.47. The van der Waals surface area contributed by atoms with E-state index < -0.39 is 6.10 Å². The van der Waals surface area contributed by atoms with Crippen LogP contribution in [0.2, 0.25) is 0 Å². The smallest absolute Gasteiger partial charge is 0.306 e. The van der Waals surface area contributed by atoms with Crippen LogP contribution < -0.4 is 0 Å². The highest BCUT2D eigenvalue weighted by atomic mass is 16.6. The lowest BCUT2D eigenvalue weighted by Crippen LogP contribution is -2.30. The van der Waals surface area contributed by atoms with Gasteiger partial charge in [0.15, 0.2) is 6.10 Å². The van der Waals surface area contributed by atoms with Gasteiger partial charge in [-0.25, -0.2) is 0 Å². The summed E-state index contributed by atoms with van der Waals surface area (Å²) in [5.74, 6) is -0.981. The van der Waals surface area contributed by atoms with E-state index in [1.54, 1.807) is 0 Å². The highest BCUT2D eigenvalue weighted by molar-refractivity contribution is 5.71. The summed E-state index contributed by atoms with van der Waals surface area (Å²) in [6.07, 6.45) is 84.2. The summed E-state index contributed by atoms with van der Waals surface area (Å²) < 4.78 is 16.9. The van der Waals surface area contributed by atoms with Crippen LogP contribution in [0.3, 0.4) is 0 Å². The molecule has 0 aromatic heterocycles. The zero-order valence-electron chi connectivity index (χ0n) is 49.3. The van der Waals surface area contributed by atoms with E-state index in [9.17, 15) is 14.4 Å². The molecule has 0 aliphatic heterocycles. The van der Waals surface area contributed by atoms with Crippen LogP contribution in [0.5, 0.6) is 0 Å². The monoisotopic (exact) mass is 1040 g/mol. The Kier molecular flexibility index (Phi) is 59.8. The highest BCUT2D eigenvalue weighted by Crippen LogP contribution is 2.17. The predicted molar refractivity (Wildman–Crippen MR) is 325 cm³/mol. The average Bonchev–Trinajstić information content (AvgIpc) is 3.41. The zero-order valence-corrected chi connectivity index (χ0v) is 49.3. The molecule has 0 rings (SSSR count). The topological polar surface area (TPSA) is 78.9 Å². The molecule has 0 saturated carbocycles. The van der Waals surface area contributed by atoms with Crippen molar-refractivity contribution in [3.8, 4) is 0 Å².